The third-order valence-electron chi connectivity index (χ3n) is 2.21. The molecule has 1 atom stereocenters. The maximum Gasteiger partial charge on any atom is 0.223 e. The van der Waals surface area contributed by atoms with E-state index in [9.17, 15) is 13.2 Å². The van der Waals surface area contributed by atoms with Gasteiger partial charge in [0, 0.05) is 18.2 Å². The fourth-order valence-corrected chi connectivity index (χ4v) is 3.14. The topological polar surface area (TPSA) is 89.3 Å². The summed E-state index contributed by atoms with van der Waals surface area (Å²) in [7, 11) is -3.40. The van der Waals surface area contributed by atoms with Crippen molar-refractivity contribution in [2.45, 2.75) is 12.8 Å². The Morgan fingerprint density at radius 2 is 2.27 bits per heavy atom. The summed E-state index contributed by atoms with van der Waals surface area (Å²) in [5, 5.41) is 7.56. The second kappa shape index (κ2) is 5.72. The summed E-state index contributed by atoms with van der Waals surface area (Å²) in [6.45, 7) is 0.385. The van der Waals surface area contributed by atoms with Crippen molar-refractivity contribution in [3.05, 3.63) is 0 Å². The fraction of sp³-hybridized carbons (Fsp3) is 0.875. The van der Waals surface area contributed by atoms with Crippen LogP contribution in [0.15, 0.2) is 0 Å². The van der Waals surface area contributed by atoms with Crippen molar-refractivity contribution < 1.29 is 13.2 Å². The number of hydrogen-bond donors (Lipinski definition) is 2. The number of carbonyl (C=O) groups excluding carboxylic acids is 1. The van der Waals surface area contributed by atoms with Crippen LogP contribution in [0.4, 0.5) is 0 Å². The van der Waals surface area contributed by atoms with Crippen LogP contribution in [-0.4, -0.2) is 38.1 Å². The molecule has 1 saturated heterocycles. The number of carbonyl (C=O) groups is 1. The smallest absolute Gasteiger partial charge is 0.223 e. The third-order valence-corrected chi connectivity index (χ3v) is 4.23. The predicted octanol–water partition coefficient (Wildman–Crippen LogP) is -0.466. The zero-order valence-electron chi connectivity index (χ0n) is 8.44. The zero-order chi connectivity index (χ0) is 11.3. The number of thioether (sulfide) groups is 1. The largest absolute Gasteiger partial charge is 0.356 e. The molecule has 1 heterocycles. The van der Waals surface area contributed by atoms with Crippen molar-refractivity contribution in [2.24, 2.45) is 11.1 Å². The molecule has 7 heteroatoms. The molecule has 0 aliphatic carbocycles. The molecule has 0 spiro atoms. The van der Waals surface area contributed by atoms with Gasteiger partial charge in [0.2, 0.25) is 15.9 Å². The first kappa shape index (κ1) is 12.8. The monoisotopic (exact) mass is 252 g/mol. The number of primary sulfonamides is 1. The van der Waals surface area contributed by atoms with E-state index in [1.54, 1.807) is 11.8 Å². The summed E-state index contributed by atoms with van der Waals surface area (Å²) >= 11 is 1.78. The minimum Gasteiger partial charge on any atom is -0.356 e. The first-order valence-electron chi connectivity index (χ1n) is 4.85. The van der Waals surface area contributed by atoms with E-state index in [2.05, 4.69) is 5.32 Å². The Hall–Kier alpha value is -0.270. The van der Waals surface area contributed by atoms with Crippen molar-refractivity contribution in [2.75, 3.05) is 23.8 Å². The van der Waals surface area contributed by atoms with Crippen LogP contribution >= 0.6 is 11.8 Å². The van der Waals surface area contributed by atoms with E-state index in [0.717, 1.165) is 17.9 Å². The van der Waals surface area contributed by atoms with Crippen molar-refractivity contribution >= 4 is 27.7 Å². The van der Waals surface area contributed by atoms with Gasteiger partial charge in [-0.1, -0.05) is 0 Å². The lowest BCUT2D eigenvalue weighted by Gasteiger charge is -2.08. The van der Waals surface area contributed by atoms with Crippen LogP contribution in [0.1, 0.15) is 12.8 Å². The first-order valence-corrected chi connectivity index (χ1v) is 7.72. The lowest BCUT2D eigenvalue weighted by molar-refractivity contribution is -0.124. The molecule has 15 heavy (non-hydrogen) atoms. The second-order valence-electron chi connectivity index (χ2n) is 3.57. The Bertz CT molecular complexity index is 310. The van der Waals surface area contributed by atoms with Gasteiger partial charge in [-0.2, -0.15) is 11.8 Å². The summed E-state index contributed by atoms with van der Waals surface area (Å²) in [4.78, 5) is 11.5. The van der Waals surface area contributed by atoms with Gasteiger partial charge < -0.3 is 5.32 Å². The number of amides is 1. The number of sulfonamides is 1. The quantitative estimate of drug-likeness (QED) is 0.648. The van der Waals surface area contributed by atoms with E-state index in [0.29, 0.717) is 13.0 Å². The lowest BCUT2D eigenvalue weighted by atomic mass is 10.1. The number of nitrogens with two attached hydrogens (primary N) is 1. The van der Waals surface area contributed by atoms with Crippen LogP contribution < -0.4 is 10.5 Å². The Morgan fingerprint density at radius 3 is 2.80 bits per heavy atom. The van der Waals surface area contributed by atoms with Crippen LogP contribution in [-0.2, 0) is 14.8 Å². The standard InChI is InChI=1S/C8H16N2O3S2/c9-15(12,13)5-1-3-10-8(11)7-2-4-14-6-7/h7H,1-6H2,(H,10,11)(H2,9,12,13). The van der Waals surface area contributed by atoms with Gasteiger partial charge in [-0.05, 0) is 18.6 Å². The minimum atomic E-state index is -3.40. The number of hydrogen-bond acceptors (Lipinski definition) is 4. The van der Waals surface area contributed by atoms with Crippen LogP contribution in [0, 0.1) is 5.92 Å². The summed E-state index contributed by atoms with van der Waals surface area (Å²) in [6, 6.07) is 0. The van der Waals surface area contributed by atoms with E-state index in [4.69, 9.17) is 5.14 Å². The summed E-state index contributed by atoms with van der Waals surface area (Å²) in [6.07, 6.45) is 1.30. The molecule has 0 aromatic heterocycles. The molecule has 5 nitrogen and oxygen atoms in total. The third kappa shape index (κ3) is 5.39. The normalized spacial score (nSPS) is 21.5. The maximum atomic E-state index is 11.5. The predicted molar refractivity (Wildman–Crippen MR) is 61.0 cm³/mol. The van der Waals surface area contributed by atoms with Gasteiger partial charge in [0.1, 0.15) is 0 Å². The van der Waals surface area contributed by atoms with Gasteiger partial charge in [0.25, 0.3) is 0 Å². The summed E-state index contributed by atoms with van der Waals surface area (Å²) in [5.41, 5.74) is 0. The SMILES string of the molecule is NS(=O)(=O)CCCNC(=O)C1CCSC1. The zero-order valence-corrected chi connectivity index (χ0v) is 10.1. The van der Waals surface area contributed by atoms with Crippen LogP contribution in [0.2, 0.25) is 0 Å². The molecule has 1 rings (SSSR count). The Kier molecular flexibility index (Phi) is 4.88. The molecular weight excluding hydrogens is 236 g/mol. The molecular formula is C8H16N2O3S2. The number of rotatable bonds is 5. The Morgan fingerprint density at radius 1 is 1.53 bits per heavy atom. The van der Waals surface area contributed by atoms with Crippen molar-refractivity contribution in [1.82, 2.24) is 5.32 Å². The van der Waals surface area contributed by atoms with E-state index in [1.807, 2.05) is 0 Å². The molecule has 3 N–H and O–H groups in total. The summed E-state index contributed by atoms with van der Waals surface area (Å²) in [5.74, 6) is 1.97. The van der Waals surface area contributed by atoms with E-state index < -0.39 is 10.0 Å². The molecule has 1 aliphatic rings. The molecule has 0 aromatic rings. The van der Waals surface area contributed by atoms with Crippen LogP contribution in [0.5, 0.6) is 0 Å². The van der Waals surface area contributed by atoms with Crippen molar-refractivity contribution in [3.63, 3.8) is 0 Å². The summed E-state index contributed by atoms with van der Waals surface area (Å²) < 4.78 is 21.2. The molecule has 1 amide bonds. The van der Waals surface area contributed by atoms with E-state index in [1.165, 1.54) is 0 Å². The fourth-order valence-electron chi connectivity index (χ4n) is 1.37. The van der Waals surface area contributed by atoms with Gasteiger partial charge >= 0.3 is 0 Å². The first-order chi connectivity index (χ1) is 6.99. The molecule has 1 fully saturated rings. The van der Waals surface area contributed by atoms with E-state index >= 15 is 0 Å². The Balaban J connectivity index is 2.12. The molecule has 88 valence electrons. The average Bonchev–Trinajstić information content (AvgIpc) is 2.63. The van der Waals surface area contributed by atoms with Gasteiger partial charge in [0.15, 0.2) is 0 Å². The van der Waals surface area contributed by atoms with Gasteiger partial charge in [-0.25, -0.2) is 13.6 Å². The van der Waals surface area contributed by atoms with Crippen LogP contribution in [0.25, 0.3) is 0 Å². The van der Waals surface area contributed by atoms with Gasteiger partial charge in [-0.3, -0.25) is 4.79 Å². The average molecular weight is 252 g/mol. The highest BCUT2D eigenvalue weighted by atomic mass is 32.2. The van der Waals surface area contributed by atoms with E-state index in [-0.39, 0.29) is 17.6 Å². The minimum absolute atomic E-state index is 0.0365. The highest BCUT2D eigenvalue weighted by Crippen LogP contribution is 2.23. The second-order valence-corrected chi connectivity index (χ2v) is 6.46. The molecule has 1 unspecified atom stereocenters. The Labute approximate surface area is 94.2 Å². The van der Waals surface area contributed by atoms with Gasteiger partial charge in [-0.15, -0.1) is 0 Å². The number of nitrogens with one attached hydrogen (secondary N) is 1. The lowest BCUT2D eigenvalue weighted by Crippen LogP contribution is -2.32. The molecule has 0 radical (unpaired) electrons. The molecule has 0 aromatic carbocycles. The highest BCUT2D eigenvalue weighted by Gasteiger charge is 2.22. The highest BCUT2D eigenvalue weighted by molar-refractivity contribution is 7.99. The molecule has 1 aliphatic heterocycles. The molecule has 0 bridgehead atoms. The molecule has 0 saturated carbocycles. The van der Waals surface area contributed by atoms with Crippen molar-refractivity contribution in [3.8, 4) is 0 Å². The van der Waals surface area contributed by atoms with Gasteiger partial charge in [0.05, 0.1) is 5.75 Å². The van der Waals surface area contributed by atoms with Crippen molar-refractivity contribution in [1.29, 1.82) is 0 Å². The van der Waals surface area contributed by atoms with Crippen LogP contribution in [0.3, 0.4) is 0 Å². The maximum absolute atomic E-state index is 11.5.